The maximum atomic E-state index is 6.50. The van der Waals surface area contributed by atoms with Gasteiger partial charge >= 0.3 is 0 Å². The number of ether oxygens (including phenoxy) is 1. The quantitative estimate of drug-likeness (QED) is 0.723. The fourth-order valence-corrected chi connectivity index (χ4v) is 4.58. The highest BCUT2D eigenvalue weighted by Gasteiger charge is 2.37. The van der Waals surface area contributed by atoms with Crippen LogP contribution < -0.4 is 4.90 Å². The van der Waals surface area contributed by atoms with E-state index in [1.54, 1.807) is 0 Å². The molecule has 0 spiro atoms. The first kappa shape index (κ1) is 18.5. The van der Waals surface area contributed by atoms with Crippen LogP contribution in [-0.2, 0) is 11.3 Å². The van der Waals surface area contributed by atoms with E-state index in [2.05, 4.69) is 77.4 Å². The summed E-state index contributed by atoms with van der Waals surface area (Å²) in [6.45, 7) is 7.65. The molecule has 0 aliphatic carbocycles. The average Bonchev–Trinajstić information content (AvgIpc) is 3.19. The van der Waals surface area contributed by atoms with Crippen LogP contribution in [0.15, 0.2) is 60.7 Å². The largest absolute Gasteiger partial charge is 0.371 e. The Morgan fingerprint density at radius 3 is 2.48 bits per heavy atom. The van der Waals surface area contributed by atoms with Gasteiger partial charge in [-0.2, -0.15) is 0 Å². The lowest BCUT2D eigenvalue weighted by molar-refractivity contribution is -0.174. The number of likely N-dealkylation sites (tertiary alicyclic amines) is 1. The minimum Gasteiger partial charge on any atom is -0.371 e. The van der Waals surface area contributed by atoms with Crippen LogP contribution in [0, 0.1) is 5.92 Å². The molecule has 3 nitrogen and oxygen atoms in total. The second kappa shape index (κ2) is 8.45. The minimum atomic E-state index is -0.131. The van der Waals surface area contributed by atoms with Gasteiger partial charge in [-0.3, -0.25) is 4.90 Å². The predicted molar refractivity (Wildman–Crippen MR) is 112 cm³/mol. The summed E-state index contributed by atoms with van der Waals surface area (Å²) in [6, 6.07) is 21.4. The van der Waals surface area contributed by atoms with Crippen molar-refractivity contribution >= 4 is 5.69 Å². The highest BCUT2D eigenvalue weighted by molar-refractivity contribution is 5.46. The van der Waals surface area contributed by atoms with Crippen LogP contribution in [0.2, 0.25) is 0 Å². The van der Waals surface area contributed by atoms with Crippen molar-refractivity contribution in [2.45, 2.75) is 44.9 Å². The van der Waals surface area contributed by atoms with Crippen molar-refractivity contribution in [3.8, 4) is 0 Å². The molecule has 0 aromatic heterocycles. The first-order valence-corrected chi connectivity index (χ1v) is 10.5. The smallest absolute Gasteiger partial charge is 0.119 e. The molecule has 2 heterocycles. The molecule has 0 bridgehead atoms. The molecule has 2 aliphatic heterocycles. The molecule has 4 rings (SSSR count). The molecule has 2 aromatic carbocycles. The first-order chi connectivity index (χ1) is 13.2. The molecular formula is C24H32N2O. The van der Waals surface area contributed by atoms with Gasteiger partial charge in [0.2, 0.25) is 0 Å². The summed E-state index contributed by atoms with van der Waals surface area (Å²) in [4.78, 5) is 5.16. The number of nitrogens with zero attached hydrogens (tertiary/aromatic N) is 2. The maximum absolute atomic E-state index is 6.50. The number of anilines is 1. The van der Waals surface area contributed by atoms with E-state index in [4.69, 9.17) is 4.74 Å². The fourth-order valence-electron chi connectivity index (χ4n) is 4.58. The van der Waals surface area contributed by atoms with Gasteiger partial charge in [-0.1, -0.05) is 48.5 Å². The normalized spacial score (nSPS) is 26.4. The van der Waals surface area contributed by atoms with Crippen LogP contribution in [0.1, 0.15) is 38.2 Å². The van der Waals surface area contributed by atoms with Crippen molar-refractivity contribution in [2.75, 3.05) is 31.1 Å². The van der Waals surface area contributed by atoms with Crippen molar-refractivity contribution in [1.82, 2.24) is 4.90 Å². The zero-order valence-corrected chi connectivity index (χ0v) is 16.5. The molecular weight excluding hydrogens is 332 g/mol. The first-order valence-electron chi connectivity index (χ1n) is 10.5. The van der Waals surface area contributed by atoms with Gasteiger partial charge < -0.3 is 9.64 Å². The Balaban J connectivity index is 1.36. The molecule has 2 saturated heterocycles. The molecule has 2 atom stereocenters. The van der Waals surface area contributed by atoms with Crippen LogP contribution in [0.5, 0.6) is 0 Å². The Bertz CT molecular complexity index is 705. The minimum absolute atomic E-state index is 0.131. The molecule has 0 N–H and O–H groups in total. The molecule has 2 aromatic rings. The number of benzene rings is 2. The molecule has 2 aliphatic rings. The van der Waals surface area contributed by atoms with Gasteiger partial charge in [-0.05, 0) is 56.2 Å². The number of hydrogen-bond acceptors (Lipinski definition) is 3. The van der Waals surface area contributed by atoms with Gasteiger partial charge in [0, 0.05) is 31.9 Å². The Kier molecular flexibility index (Phi) is 5.80. The third kappa shape index (κ3) is 4.53. The van der Waals surface area contributed by atoms with E-state index in [1.807, 2.05) is 0 Å². The van der Waals surface area contributed by atoms with E-state index in [0.717, 1.165) is 32.0 Å². The van der Waals surface area contributed by atoms with E-state index < -0.39 is 0 Å². The highest BCUT2D eigenvalue weighted by Crippen LogP contribution is 2.33. The maximum Gasteiger partial charge on any atom is 0.119 e. The Hall–Kier alpha value is -1.84. The van der Waals surface area contributed by atoms with Crippen molar-refractivity contribution in [3.63, 3.8) is 0 Å². The molecule has 27 heavy (non-hydrogen) atoms. The van der Waals surface area contributed by atoms with Crippen LogP contribution in [-0.4, -0.2) is 36.8 Å². The number of piperidine rings is 1. The molecule has 0 saturated carbocycles. The molecule has 0 radical (unpaired) electrons. The van der Waals surface area contributed by atoms with Crippen molar-refractivity contribution in [2.24, 2.45) is 5.92 Å². The topological polar surface area (TPSA) is 15.7 Å². The zero-order chi connectivity index (χ0) is 18.5. The summed E-state index contributed by atoms with van der Waals surface area (Å²) in [6.07, 6.45) is 4.97. The van der Waals surface area contributed by atoms with E-state index >= 15 is 0 Å². The number of rotatable bonds is 6. The second-order valence-corrected chi connectivity index (χ2v) is 8.29. The molecule has 0 amide bonds. The van der Waals surface area contributed by atoms with Gasteiger partial charge in [0.15, 0.2) is 0 Å². The number of para-hydroxylation sites is 1. The second-order valence-electron chi connectivity index (χ2n) is 8.29. The lowest BCUT2D eigenvalue weighted by Crippen LogP contribution is -2.53. The number of hydrogen-bond donors (Lipinski definition) is 0. The van der Waals surface area contributed by atoms with Gasteiger partial charge in [0.25, 0.3) is 0 Å². The lowest BCUT2D eigenvalue weighted by Gasteiger charge is -2.45. The van der Waals surface area contributed by atoms with Crippen molar-refractivity contribution in [1.29, 1.82) is 0 Å². The van der Waals surface area contributed by atoms with Gasteiger partial charge in [-0.15, -0.1) is 0 Å². The summed E-state index contributed by atoms with van der Waals surface area (Å²) in [5.41, 5.74) is 2.50. The molecule has 3 heteroatoms. The monoisotopic (exact) mass is 364 g/mol. The van der Waals surface area contributed by atoms with Crippen molar-refractivity contribution < 1.29 is 4.74 Å². The summed E-state index contributed by atoms with van der Waals surface area (Å²) in [5, 5.41) is 0. The fraction of sp³-hybridized carbons (Fsp3) is 0.500. The highest BCUT2D eigenvalue weighted by atomic mass is 16.5. The van der Waals surface area contributed by atoms with Crippen LogP contribution in [0.3, 0.4) is 0 Å². The van der Waals surface area contributed by atoms with E-state index in [-0.39, 0.29) is 5.72 Å². The Morgan fingerprint density at radius 1 is 0.963 bits per heavy atom. The SMILES string of the molecule is CC1(OCc2ccccc2)CCCCN1C[C@@H]1CCN(c2ccccc2)C1. The third-order valence-corrected chi connectivity index (χ3v) is 6.27. The molecule has 1 unspecified atom stereocenters. The van der Waals surface area contributed by atoms with Crippen molar-refractivity contribution in [3.05, 3.63) is 66.2 Å². The summed E-state index contributed by atoms with van der Waals surface area (Å²) in [5.74, 6) is 0.725. The average molecular weight is 365 g/mol. The van der Waals surface area contributed by atoms with E-state index in [9.17, 15) is 0 Å². The van der Waals surface area contributed by atoms with E-state index in [1.165, 1.54) is 37.1 Å². The van der Waals surface area contributed by atoms with Crippen LogP contribution in [0.4, 0.5) is 5.69 Å². The Labute approximate surface area is 163 Å². The van der Waals surface area contributed by atoms with Crippen LogP contribution >= 0.6 is 0 Å². The van der Waals surface area contributed by atoms with Gasteiger partial charge in [0.05, 0.1) is 6.61 Å². The van der Waals surface area contributed by atoms with Gasteiger partial charge in [0.1, 0.15) is 5.72 Å². The van der Waals surface area contributed by atoms with Crippen LogP contribution in [0.25, 0.3) is 0 Å². The molecule has 144 valence electrons. The third-order valence-electron chi connectivity index (χ3n) is 6.27. The summed E-state index contributed by atoms with van der Waals surface area (Å²) >= 11 is 0. The zero-order valence-electron chi connectivity index (χ0n) is 16.5. The Morgan fingerprint density at radius 2 is 1.70 bits per heavy atom. The summed E-state index contributed by atoms with van der Waals surface area (Å²) < 4.78 is 6.50. The van der Waals surface area contributed by atoms with E-state index in [0.29, 0.717) is 6.61 Å². The van der Waals surface area contributed by atoms with Gasteiger partial charge in [-0.25, -0.2) is 0 Å². The summed E-state index contributed by atoms with van der Waals surface area (Å²) in [7, 11) is 0. The predicted octanol–water partition coefficient (Wildman–Crippen LogP) is 4.93. The molecule has 2 fully saturated rings. The lowest BCUT2D eigenvalue weighted by atomic mass is 9.97. The standard InChI is InChI=1S/C24H32N2O/c1-24(27-20-21-10-4-2-5-11-21)15-8-9-16-26(24)19-22-14-17-25(18-22)23-12-6-3-7-13-23/h2-7,10-13,22H,8-9,14-20H2,1H3/t22-,24?/m1/s1.